The summed E-state index contributed by atoms with van der Waals surface area (Å²) in [7, 11) is 0. The molecule has 0 aliphatic carbocycles. The second-order valence-electron chi connectivity index (χ2n) is 8.01. The minimum atomic E-state index is -0.385. The highest BCUT2D eigenvalue weighted by molar-refractivity contribution is 6.08. The summed E-state index contributed by atoms with van der Waals surface area (Å²) in [5.41, 5.74) is 2.65. The van der Waals surface area contributed by atoms with Crippen molar-refractivity contribution in [2.45, 2.75) is 6.42 Å². The van der Waals surface area contributed by atoms with Gasteiger partial charge in [-0.2, -0.15) is 0 Å². The maximum Gasteiger partial charge on any atom is 0.229 e. The molecule has 0 spiro atoms. The maximum atomic E-state index is 13.1. The number of carbonyl (C=O) groups excluding carboxylic acids is 2. The Labute approximate surface area is 181 Å². The van der Waals surface area contributed by atoms with E-state index in [2.05, 4.69) is 10.2 Å². The summed E-state index contributed by atoms with van der Waals surface area (Å²) in [5.74, 6) is -0.515. The van der Waals surface area contributed by atoms with E-state index < -0.39 is 0 Å². The van der Waals surface area contributed by atoms with Gasteiger partial charge in [0.15, 0.2) is 0 Å². The van der Waals surface area contributed by atoms with Crippen molar-refractivity contribution in [3.63, 3.8) is 0 Å². The molecule has 0 saturated carbocycles. The van der Waals surface area contributed by atoms with Crippen LogP contribution >= 0.6 is 0 Å². The van der Waals surface area contributed by atoms with Crippen molar-refractivity contribution in [3.05, 3.63) is 66.7 Å². The fourth-order valence-electron chi connectivity index (χ4n) is 4.45. The zero-order valence-corrected chi connectivity index (χ0v) is 17.3. The molecule has 31 heavy (non-hydrogen) atoms. The van der Waals surface area contributed by atoms with Gasteiger partial charge < -0.3 is 19.9 Å². The molecule has 1 atom stereocenters. The van der Waals surface area contributed by atoms with Gasteiger partial charge in [-0.3, -0.25) is 9.59 Å². The Hall–Kier alpha value is -3.38. The molecule has 2 saturated heterocycles. The van der Waals surface area contributed by atoms with Gasteiger partial charge in [-0.1, -0.05) is 48.5 Å². The lowest BCUT2D eigenvalue weighted by Gasteiger charge is -2.30. The fourth-order valence-corrected chi connectivity index (χ4v) is 4.45. The van der Waals surface area contributed by atoms with E-state index in [-0.39, 0.29) is 24.2 Å². The topological polar surface area (TPSA) is 61.9 Å². The zero-order valence-electron chi connectivity index (χ0n) is 17.3. The van der Waals surface area contributed by atoms with Crippen LogP contribution in [0.15, 0.2) is 66.7 Å². The third-order valence-corrected chi connectivity index (χ3v) is 6.07. The summed E-state index contributed by atoms with van der Waals surface area (Å²) < 4.78 is 5.45. The van der Waals surface area contributed by atoms with Crippen molar-refractivity contribution in [2.75, 3.05) is 48.0 Å². The average Bonchev–Trinajstić information content (AvgIpc) is 3.21. The van der Waals surface area contributed by atoms with Crippen LogP contribution in [0.5, 0.6) is 0 Å². The highest BCUT2D eigenvalue weighted by Crippen LogP contribution is 2.33. The quantitative estimate of drug-likeness (QED) is 0.706. The van der Waals surface area contributed by atoms with Gasteiger partial charge in [-0.05, 0) is 23.6 Å². The van der Waals surface area contributed by atoms with Crippen LogP contribution in [0.3, 0.4) is 0 Å². The molecule has 1 N–H and O–H groups in total. The van der Waals surface area contributed by atoms with E-state index in [0.717, 1.165) is 40.9 Å². The number of fused-ring (bicyclic) bond motifs is 1. The Morgan fingerprint density at radius 1 is 0.903 bits per heavy atom. The van der Waals surface area contributed by atoms with Crippen molar-refractivity contribution >= 4 is 39.6 Å². The molecule has 0 bridgehead atoms. The summed E-state index contributed by atoms with van der Waals surface area (Å²) in [6.45, 7) is 3.34. The monoisotopic (exact) mass is 415 g/mol. The molecular formula is C25H25N3O3. The van der Waals surface area contributed by atoms with E-state index in [0.29, 0.717) is 19.8 Å². The van der Waals surface area contributed by atoms with Crippen molar-refractivity contribution in [1.82, 2.24) is 0 Å². The lowest BCUT2D eigenvalue weighted by Crippen LogP contribution is -2.37. The molecule has 6 nitrogen and oxygen atoms in total. The van der Waals surface area contributed by atoms with E-state index in [1.807, 2.05) is 66.7 Å². The first kappa shape index (κ1) is 19.6. The van der Waals surface area contributed by atoms with E-state index in [9.17, 15) is 9.59 Å². The van der Waals surface area contributed by atoms with Crippen molar-refractivity contribution in [3.8, 4) is 0 Å². The van der Waals surface area contributed by atoms with Gasteiger partial charge in [0.25, 0.3) is 0 Å². The Kier molecular flexibility index (Phi) is 5.30. The van der Waals surface area contributed by atoms with Crippen LogP contribution in [0.4, 0.5) is 17.1 Å². The van der Waals surface area contributed by atoms with Crippen LogP contribution in [0.2, 0.25) is 0 Å². The Morgan fingerprint density at radius 2 is 1.61 bits per heavy atom. The molecule has 2 aliphatic heterocycles. The molecule has 0 aromatic heterocycles. The summed E-state index contributed by atoms with van der Waals surface area (Å²) in [5, 5.41) is 5.19. The molecule has 2 aliphatic rings. The first-order valence-corrected chi connectivity index (χ1v) is 10.7. The first-order valence-electron chi connectivity index (χ1n) is 10.7. The Morgan fingerprint density at radius 3 is 2.48 bits per heavy atom. The first-order chi connectivity index (χ1) is 15.2. The highest BCUT2D eigenvalue weighted by atomic mass is 16.5. The molecular weight excluding hydrogens is 390 g/mol. The number of hydrogen-bond acceptors (Lipinski definition) is 4. The largest absolute Gasteiger partial charge is 0.378 e. The smallest absolute Gasteiger partial charge is 0.229 e. The van der Waals surface area contributed by atoms with Crippen molar-refractivity contribution in [1.29, 1.82) is 0 Å². The summed E-state index contributed by atoms with van der Waals surface area (Å²) in [4.78, 5) is 29.9. The van der Waals surface area contributed by atoms with Crippen molar-refractivity contribution < 1.29 is 14.3 Å². The summed E-state index contributed by atoms with van der Waals surface area (Å²) in [6, 6.07) is 21.8. The van der Waals surface area contributed by atoms with Gasteiger partial charge in [-0.15, -0.1) is 0 Å². The number of nitrogens with one attached hydrogen (secondary N) is 1. The standard InChI is InChI=1S/C25H25N3O3/c29-24-16-19(17-28(24)22-11-5-7-18-6-1-2-8-20(18)22)25(30)26-21-9-3-4-10-23(21)27-12-14-31-15-13-27/h1-11,19H,12-17H2,(H,26,30)/t19-/m0/s1. The second-order valence-corrected chi connectivity index (χ2v) is 8.01. The second kappa shape index (κ2) is 8.40. The van der Waals surface area contributed by atoms with Gasteiger partial charge in [-0.25, -0.2) is 0 Å². The highest BCUT2D eigenvalue weighted by Gasteiger charge is 2.36. The molecule has 158 valence electrons. The summed E-state index contributed by atoms with van der Waals surface area (Å²) >= 11 is 0. The third kappa shape index (κ3) is 3.86. The van der Waals surface area contributed by atoms with Crippen LogP contribution < -0.4 is 15.1 Å². The normalized spacial score (nSPS) is 19.1. The van der Waals surface area contributed by atoms with Crippen LogP contribution in [0.1, 0.15) is 6.42 Å². The predicted molar refractivity (Wildman–Crippen MR) is 123 cm³/mol. The predicted octanol–water partition coefficient (Wildman–Crippen LogP) is 3.67. The SMILES string of the molecule is O=C(Nc1ccccc1N1CCOCC1)[C@H]1CC(=O)N(c2cccc3ccccc23)C1. The molecule has 2 amide bonds. The molecule has 3 aromatic carbocycles. The number of hydrogen-bond donors (Lipinski definition) is 1. The Balaban J connectivity index is 1.34. The number of carbonyl (C=O) groups is 2. The van der Waals surface area contributed by atoms with E-state index >= 15 is 0 Å². The molecule has 5 rings (SSSR count). The molecule has 0 unspecified atom stereocenters. The number of para-hydroxylation sites is 2. The molecule has 0 radical (unpaired) electrons. The van der Waals surface area contributed by atoms with Crippen LogP contribution in [0, 0.1) is 5.92 Å². The number of anilines is 3. The number of benzene rings is 3. The number of nitrogens with zero attached hydrogens (tertiary/aromatic N) is 2. The van der Waals surface area contributed by atoms with Crippen LogP contribution in [-0.2, 0) is 14.3 Å². The zero-order chi connectivity index (χ0) is 21.2. The van der Waals surface area contributed by atoms with Gasteiger partial charge >= 0.3 is 0 Å². The molecule has 3 aromatic rings. The lowest BCUT2D eigenvalue weighted by molar-refractivity contribution is -0.122. The van der Waals surface area contributed by atoms with E-state index in [1.54, 1.807) is 4.90 Å². The molecule has 2 heterocycles. The van der Waals surface area contributed by atoms with Gasteiger partial charge in [0.05, 0.1) is 36.2 Å². The fraction of sp³-hybridized carbons (Fsp3) is 0.280. The maximum absolute atomic E-state index is 13.1. The number of ether oxygens (including phenoxy) is 1. The number of morpholine rings is 1. The Bertz CT molecular complexity index is 1120. The minimum absolute atomic E-state index is 0.0158. The van der Waals surface area contributed by atoms with E-state index in [1.165, 1.54) is 0 Å². The van der Waals surface area contributed by atoms with Gasteiger partial charge in [0.2, 0.25) is 11.8 Å². The van der Waals surface area contributed by atoms with Gasteiger partial charge in [0.1, 0.15) is 0 Å². The third-order valence-electron chi connectivity index (χ3n) is 6.07. The lowest BCUT2D eigenvalue weighted by atomic mass is 10.1. The van der Waals surface area contributed by atoms with Crippen LogP contribution in [0.25, 0.3) is 10.8 Å². The average molecular weight is 415 g/mol. The minimum Gasteiger partial charge on any atom is -0.378 e. The number of rotatable bonds is 4. The molecule has 6 heteroatoms. The summed E-state index contributed by atoms with van der Waals surface area (Å²) in [6.07, 6.45) is 0.217. The van der Waals surface area contributed by atoms with Gasteiger partial charge in [0, 0.05) is 31.4 Å². The van der Waals surface area contributed by atoms with Crippen molar-refractivity contribution in [2.24, 2.45) is 5.92 Å². The van der Waals surface area contributed by atoms with Crippen LogP contribution in [-0.4, -0.2) is 44.7 Å². The van der Waals surface area contributed by atoms with E-state index in [4.69, 9.17) is 4.74 Å². The number of amides is 2. The molecule has 2 fully saturated rings.